The monoisotopic (exact) mass is 362 g/mol. The first-order valence-electron chi connectivity index (χ1n) is 8.80. The molecule has 138 valence electrons. The van der Waals surface area contributed by atoms with Crippen LogP contribution in [0.2, 0.25) is 0 Å². The predicted molar refractivity (Wildman–Crippen MR) is 105 cm³/mol. The Bertz CT molecular complexity index is 974. The minimum Gasteiger partial charge on any atom is -0.455 e. The van der Waals surface area contributed by atoms with Gasteiger partial charge in [0.25, 0.3) is 0 Å². The highest BCUT2D eigenvalue weighted by atomic mass is 16.6. The van der Waals surface area contributed by atoms with Crippen molar-refractivity contribution in [3.05, 3.63) is 83.4 Å². The molecule has 1 unspecified atom stereocenters. The van der Waals surface area contributed by atoms with Crippen molar-refractivity contribution in [2.45, 2.75) is 25.6 Å². The summed E-state index contributed by atoms with van der Waals surface area (Å²) in [6.07, 6.45) is 0.184. The lowest BCUT2D eigenvalue weighted by molar-refractivity contribution is -0.173. The maximum absolute atomic E-state index is 13.1. The number of ether oxygens (including phenoxy) is 2. The maximum atomic E-state index is 13.1. The van der Waals surface area contributed by atoms with Crippen molar-refractivity contribution in [3.63, 3.8) is 0 Å². The Labute approximate surface area is 158 Å². The van der Waals surface area contributed by atoms with Crippen molar-refractivity contribution in [1.29, 1.82) is 0 Å². The van der Waals surface area contributed by atoms with Crippen LogP contribution >= 0.6 is 0 Å². The van der Waals surface area contributed by atoms with Gasteiger partial charge in [-0.05, 0) is 24.6 Å². The van der Waals surface area contributed by atoms with Crippen LogP contribution < -0.4 is 0 Å². The second-order valence-corrected chi connectivity index (χ2v) is 6.56. The van der Waals surface area contributed by atoms with Crippen LogP contribution in [0.4, 0.5) is 0 Å². The number of rotatable bonds is 6. The van der Waals surface area contributed by atoms with E-state index in [2.05, 4.69) is 0 Å². The van der Waals surface area contributed by atoms with Crippen LogP contribution in [0, 0.1) is 0 Å². The van der Waals surface area contributed by atoms with E-state index in [0.29, 0.717) is 11.1 Å². The first-order valence-corrected chi connectivity index (χ1v) is 8.80. The summed E-state index contributed by atoms with van der Waals surface area (Å²) in [5.74, 6) is -0.505. The van der Waals surface area contributed by atoms with Gasteiger partial charge in [-0.1, -0.05) is 66.7 Å². The van der Waals surface area contributed by atoms with Gasteiger partial charge < -0.3 is 9.47 Å². The zero-order valence-corrected chi connectivity index (χ0v) is 15.6. The highest BCUT2D eigenvalue weighted by molar-refractivity contribution is 5.92. The van der Waals surface area contributed by atoms with Gasteiger partial charge in [0.05, 0.1) is 0 Å². The molecule has 0 bridgehead atoms. The van der Waals surface area contributed by atoms with Crippen molar-refractivity contribution in [2.24, 2.45) is 0 Å². The number of fused-ring (bicyclic) bond motifs is 1. The highest BCUT2D eigenvalue weighted by Gasteiger charge is 2.39. The molecule has 0 amide bonds. The number of esters is 1. The normalized spacial score (nSPS) is 14.3. The van der Waals surface area contributed by atoms with E-state index >= 15 is 0 Å². The molecule has 0 N–H and O–H groups in total. The summed E-state index contributed by atoms with van der Waals surface area (Å²) >= 11 is 0. The Morgan fingerprint density at radius 1 is 1.00 bits per heavy atom. The minimum absolute atomic E-state index is 0.502. The standard InChI is InChI=1S/C23H22O4/c1-16(19-12-6-5-10-18(19)15-24)27-22(25)23(2,26-3)21-14-8-11-17-9-4-7-13-20(17)21/h4-16H,1-3H3/t16?,23-/m0/s1. The molecule has 3 rings (SSSR count). The third-order valence-electron chi connectivity index (χ3n) is 4.95. The Morgan fingerprint density at radius 2 is 1.67 bits per heavy atom. The van der Waals surface area contributed by atoms with Crippen molar-refractivity contribution in [3.8, 4) is 0 Å². The summed E-state index contributed by atoms with van der Waals surface area (Å²) < 4.78 is 11.4. The molecule has 0 aromatic heterocycles. The van der Waals surface area contributed by atoms with E-state index in [0.717, 1.165) is 22.6 Å². The summed E-state index contributed by atoms with van der Waals surface area (Å²) in [4.78, 5) is 24.4. The quantitative estimate of drug-likeness (QED) is 0.466. The number of carbonyl (C=O) groups excluding carboxylic acids is 2. The molecule has 3 aromatic rings. The zero-order chi connectivity index (χ0) is 19.4. The Morgan fingerprint density at radius 3 is 2.41 bits per heavy atom. The van der Waals surface area contributed by atoms with Gasteiger partial charge in [-0.2, -0.15) is 0 Å². The van der Waals surface area contributed by atoms with E-state index in [9.17, 15) is 9.59 Å². The summed E-state index contributed by atoms with van der Waals surface area (Å²) in [5.41, 5.74) is 0.633. The molecule has 27 heavy (non-hydrogen) atoms. The minimum atomic E-state index is -1.27. The molecule has 0 heterocycles. The molecule has 0 radical (unpaired) electrons. The topological polar surface area (TPSA) is 52.6 Å². The van der Waals surface area contributed by atoms with Gasteiger partial charge in [0.15, 0.2) is 5.60 Å². The van der Waals surface area contributed by atoms with E-state index in [1.807, 2.05) is 48.5 Å². The lowest BCUT2D eigenvalue weighted by Crippen LogP contribution is -2.37. The third-order valence-corrected chi connectivity index (χ3v) is 4.95. The average molecular weight is 362 g/mol. The van der Waals surface area contributed by atoms with Gasteiger partial charge in [0.2, 0.25) is 0 Å². The van der Waals surface area contributed by atoms with Gasteiger partial charge >= 0.3 is 5.97 Å². The molecule has 4 heteroatoms. The molecule has 0 saturated carbocycles. The number of benzene rings is 3. The number of carbonyl (C=O) groups is 2. The summed E-state index contributed by atoms with van der Waals surface area (Å²) in [6, 6.07) is 20.7. The summed E-state index contributed by atoms with van der Waals surface area (Å²) in [7, 11) is 1.49. The molecule has 0 aliphatic rings. The number of hydrogen-bond acceptors (Lipinski definition) is 4. The van der Waals surface area contributed by atoms with Crippen LogP contribution in [0.1, 0.15) is 41.4 Å². The molecule has 4 nitrogen and oxygen atoms in total. The molecular formula is C23H22O4. The first kappa shape index (κ1) is 18.8. The fourth-order valence-electron chi connectivity index (χ4n) is 3.27. The molecule has 2 atom stereocenters. The molecule has 0 aliphatic heterocycles. The fourth-order valence-corrected chi connectivity index (χ4v) is 3.27. The zero-order valence-electron chi connectivity index (χ0n) is 15.6. The van der Waals surface area contributed by atoms with Crippen LogP contribution in [0.15, 0.2) is 66.7 Å². The van der Waals surface area contributed by atoms with E-state index in [1.165, 1.54) is 7.11 Å². The van der Waals surface area contributed by atoms with Crippen molar-refractivity contribution >= 4 is 23.0 Å². The average Bonchev–Trinajstić information content (AvgIpc) is 2.72. The Hall–Kier alpha value is -2.98. The fraction of sp³-hybridized carbons (Fsp3) is 0.217. The van der Waals surface area contributed by atoms with Crippen molar-refractivity contribution in [2.75, 3.05) is 7.11 Å². The van der Waals surface area contributed by atoms with Gasteiger partial charge in [0, 0.05) is 23.8 Å². The van der Waals surface area contributed by atoms with Crippen LogP contribution in [0.5, 0.6) is 0 Å². The van der Waals surface area contributed by atoms with Crippen LogP contribution in [0.25, 0.3) is 10.8 Å². The number of aldehydes is 1. The SMILES string of the molecule is CO[C@](C)(C(=O)OC(C)c1ccccc1C=O)c1cccc2ccccc12. The first-order chi connectivity index (χ1) is 13.0. The lowest BCUT2D eigenvalue weighted by atomic mass is 9.90. The Balaban J connectivity index is 1.96. The van der Waals surface area contributed by atoms with Gasteiger partial charge in [0.1, 0.15) is 12.4 Å². The largest absolute Gasteiger partial charge is 0.455 e. The second-order valence-electron chi connectivity index (χ2n) is 6.56. The molecule has 3 aromatic carbocycles. The lowest BCUT2D eigenvalue weighted by Gasteiger charge is -2.29. The van der Waals surface area contributed by atoms with E-state index in [1.54, 1.807) is 32.0 Å². The molecule has 0 spiro atoms. The van der Waals surface area contributed by atoms with Gasteiger partial charge in [-0.25, -0.2) is 4.79 Å². The van der Waals surface area contributed by atoms with E-state index < -0.39 is 17.7 Å². The van der Waals surface area contributed by atoms with Crippen LogP contribution in [-0.2, 0) is 19.9 Å². The van der Waals surface area contributed by atoms with Crippen molar-refractivity contribution < 1.29 is 19.1 Å². The van der Waals surface area contributed by atoms with E-state index in [4.69, 9.17) is 9.47 Å². The molecule has 0 aliphatic carbocycles. The number of methoxy groups -OCH3 is 1. The van der Waals surface area contributed by atoms with Gasteiger partial charge in [-0.15, -0.1) is 0 Å². The predicted octanol–water partition coefficient (Wildman–Crippen LogP) is 4.82. The Kier molecular flexibility index (Phi) is 5.38. The third kappa shape index (κ3) is 3.49. The maximum Gasteiger partial charge on any atom is 0.343 e. The van der Waals surface area contributed by atoms with Gasteiger partial charge in [-0.3, -0.25) is 4.79 Å². The smallest absolute Gasteiger partial charge is 0.343 e. The summed E-state index contributed by atoms with van der Waals surface area (Å²) in [5, 5.41) is 1.95. The second kappa shape index (κ2) is 7.72. The highest BCUT2D eigenvalue weighted by Crippen LogP contribution is 2.34. The van der Waals surface area contributed by atoms with Crippen molar-refractivity contribution in [1.82, 2.24) is 0 Å². The number of hydrogen-bond donors (Lipinski definition) is 0. The summed E-state index contributed by atoms with van der Waals surface area (Å²) in [6.45, 7) is 3.45. The molecular weight excluding hydrogens is 340 g/mol. The molecule has 0 saturated heterocycles. The van der Waals surface area contributed by atoms with Crippen LogP contribution in [-0.4, -0.2) is 19.4 Å². The van der Waals surface area contributed by atoms with Crippen LogP contribution in [0.3, 0.4) is 0 Å². The van der Waals surface area contributed by atoms with E-state index in [-0.39, 0.29) is 0 Å². The molecule has 0 fully saturated rings.